The quantitative estimate of drug-likeness (QED) is 0.591. The summed E-state index contributed by atoms with van der Waals surface area (Å²) in [6.07, 6.45) is 0. The van der Waals surface area contributed by atoms with Crippen LogP contribution in [0.4, 0.5) is 17.1 Å². The van der Waals surface area contributed by atoms with Gasteiger partial charge in [-0.1, -0.05) is 0 Å². The van der Waals surface area contributed by atoms with E-state index in [0.717, 1.165) is 18.8 Å². The molecule has 0 amide bonds. The Bertz CT molecular complexity index is 457. The molecule has 1 aliphatic heterocycles. The number of anilines is 2. The molecule has 1 aromatic carbocycles. The van der Waals surface area contributed by atoms with Crippen molar-refractivity contribution in [3.05, 3.63) is 29.6 Å². The molecule has 16 heavy (non-hydrogen) atoms. The van der Waals surface area contributed by atoms with E-state index in [1.165, 1.54) is 0 Å². The first-order valence-electron chi connectivity index (χ1n) is 5.07. The van der Waals surface area contributed by atoms with E-state index >= 15 is 0 Å². The van der Waals surface area contributed by atoms with E-state index in [-0.39, 0.29) is 0 Å². The predicted octanol–water partition coefficient (Wildman–Crippen LogP) is 1.39. The summed E-state index contributed by atoms with van der Waals surface area (Å²) in [6.45, 7) is 8.58. The lowest BCUT2D eigenvalue weighted by Crippen LogP contribution is -2.37. The highest BCUT2D eigenvalue weighted by Crippen LogP contribution is 2.28. The zero-order valence-electron chi connectivity index (χ0n) is 8.85. The van der Waals surface area contributed by atoms with Crippen molar-refractivity contribution < 1.29 is 4.21 Å². The Hall–Kier alpha value is -1.54. The highest BCUT2D eigenvalue weighted by atomic mass is 32.2. The Morgan fingerprint density at radius 1 is 1.38 bits per heavy atom. The van der Waals surface area contributed by atoms with Gasteiger partial charge in [-0.3, -0.25) is 4.21 Å². The Balaban J connectivity index is 2.21. The summed E-state index contributed by atoms with van der Waals surface area (Å²) in [5, 5.41) is 0. The topological polar surface area (TPSA) is 50.7 Å². The summed E-state index contributed by atoms with van der Waals surface area (Å²) in [4.78, 5) is 5.53. The van der Waals surface area contributed by atoms with E-state index in [4.69, 9.17) is 12.3 Å². The molecule has 1 heterocycles. The average molecular weight is 235 g/mol. The normalized spacial score (nSPS) is 17.1. The molecule has 4 nitrogen and oxygen atoms in total. The summed E-state index contributed by atoms with van der Waals surface area (Å²) < 4.78 is 11.2. The first-order valence-corrected chi connectivity index (χ1v) is 6.56. The minimum absolute atomic E-state index is 0.490. The average Bonchev–Trinajstić information content (AvgIpc) is 2.31. The molecular weight excluding hydrogens is 222 g/mol. The van der Waals surface area contributed by atoms with Crippen molar-refractivity contribution in [1.29, 1.82) is 0 Å². The minimum Gasteiger partial charge on any atom is -0.407 e. The number of nitrogens with zero attached hydrogens (tertiary/aromatic N) is 2. The van der Waals surface area contributed by atoms with Crippen LogP contribution in [-0.2, 0) is 10.8 Å². The second-order valence-corrected chi connectivity index (χ2v) is 5.39. The van der Waals surface area contributed by atoms with Crippen molar-refractivity contribution >= 4 is 27.9 Å². The molecule has 1 aliphatic rings. The van der Waals surface area contributed by atoms with Gasteiger partial charge in [0, 0.05) is 46.8 Å². The van der Waals surface area contributed by atoms with E-state index in [2.05, 4.69) is 9.74 Å². The van der Waals surface area contributed by atoms with Crippen LogP contribution < -0.4 is 10.6 Å². The minimum atomic E-state index is -0.673. The molecule has 1 fully saturated rings. The third kappa shape index (κ3) is 2.17. The lowest BCUT2D eigenvalue weighted by molar-refractivity contribution is 0.673. The van der Waals surface area contributed by atoms with Gasteiger partial charge in [-0.05, 0) is 18.2 Å². The lowest BCUT2D eigenvalue weighted by Gasteiger charge is -2.28. The number of hydrogen-bond donors (Lipinski definition) is 1. The molecule has 2 N–H and O–H groups in total. The molecule has 1 aromatic rings. The Morgan fingerprint density at radius 2 is 2.06 bits per heavy atom. The van der Waals surface area contributed by atoms with Crippen LogP contribution in [0, 0.1) is 6.57 Å². The van der Waals surface area contributed by atoms with Gasteiger partial charge in [-0.2, -0.15) is 0 Å². The number of hydrogen-bond acceptors (Lipinski definition) is 3. The zero-order chi connectivity index (χ0) is 11.5. The SMILES string of the molecule is [C-]#[N+]c1cc(N2CCS(=O)CC2)ccc1N. The van der Waals surface area contributed by atoms with Crippen LogP contribution in [0.5, 0.6) is 0 Å². The predicted molar refractivity (Wildman–Crippen MR) is 67.2 cm³/mol. The van der Waals surface area contributed by atoms with Crippen molar-refractivity contribution in [2.45, 2.75) is 0 Å². The fourth-order valence-corrected chi connectivity index (χ4v) is 2.77. The largest absolute Gasteiger partial charge is 0.407 e. The van der Waals surface area contributed by atoms with Crippen LogP contribution in [0.25, 0.3) is 4.85 Å². The van der Waals surface area contributed by atoms with Crippen LogP contribution >= 0.6 is 0 Å². The third-order valence-corrected chi connectivity index (χ3v) is 3.95. The zero-order valence-corrected chi connectivity index (χ0v) is 9.67. The van der Waals surface area contributed by atoms with Crippen LogP contribution in [-0.4, -0.2) is 28.8 Å². The van der Waals surface area contributed by atoms with Crippen LogP contribution in [0.15, 0.2) is 18.2 Å². The Kier molecular flexibility index (Phi) is 3.11. The van der Waals surface area contributed by atoms with Crippen molar-refractivity contribution in [3.8, 4) is 0 Å². The maximum Gasteiger partial charge on any atom is 0.211 e. The van der Waals surface area contributed by atoms with Gasteiger partial charge >= 0.3 is 0 Å². The van der Waals surface area contributed by atoms with Crippen molar-refractivity contribution in [1.82, 2.24) is 0 Å². The van der Waals surface area contributed by atoms with Crippen molar-refractivity contribution in [2.75, 3.05) is 35.2 Å². The van der Waals surface area contributed by atoms with Gasteiger partial charge in [-0.15, -0.1) is 0 Å². The van der Waals surface area contributed by atoms with Crippen molar-refractivity contribution in [2.24, 2.45) is 0 Å². The number of rotatable bonds is 1. The van der Waals surface area contributed by atoms with Gasteiger partial charge in [0.05, 0.1) is 6.57 Å². The van der Waals surface area contributed by atoms with Gasteiger partial charge in [0.1, 0.15) is 0 Å². The van der Waals surface area contributed by atoms with Gasteiger partial charge in [0.2, 0.25) is 5.69 Å². The molecule has 0 unspecified atom stereocenters. The van der Waals surface area contributed by atoms with E-state index in [1.807, 2.05) is 6.07 Å². The second kappa shape index (κ2) is 4.54. The molecule has 2 rings (SSSR count). The van der Waals surface area contributed by atoms with Crippen LogP contribution in [0.2, 0.25) is 0 Å². The van der Waals surface area contributed by atoms with Crippen LogP contribution in [0.1, 0.15) is 0 Å². The lowest BCUT2D eigenvalue weighted by atomic mass is 10.2. The summed E-state index contributed by atoms with van der Waals surface area (Å²) in [5.41, 5.74) is 7.67. The van der Waals surface area contributed by atoms with Gasteiger partial charge in [0.15, 0.2) is 0 Å². The van der Waals surface area contributed by atoms with Gasteiger partial charge in [-0.25, -0.2) is 4.85 Å². The molecule has 0 radical (unpaired) electrons. The first kappa shape index (κ1) is 11.0. The number of nitrogen functional groups attached to an aromatic ring is 1. The number of nitrogens with two attached hydrogens (primary N) is 1. The fourth-order valence-electron chi connectivity index (χ4n) is 1.72. The Morgan fingerprint density at radius 3 is 2.69 bits per heavy atom. The van der Waals surface area contributed by atoms with E-state index in [0.29, 0.717) is 22.9 Å². The molecule has 84 valence electrons. The smallest absolute Gasteiger partial charge is 0.211 e. The highest BCUT2D eigenvalue weighted by Gasteiger charge is 2.16. The molecule has 0 spiro atoms. The summed E-state index contributed by atoms with van der Waals surface area (Å²) in [5.74, 6) is 1.41. The maximum atomic E-state index is 11.2. The molecule has 1 saturated heterocycles. The maximum absolute atomic E-state index is 11.2. The van der Waals surface area contributed by atoms with E-state index < -0.39 is 10.8 Å². The highest BCUT2D eigenvalue weighted by molar-refractivity contribution is 7.85. The second-order valence-electron chi connectivity index (χ2n) is 3.69. The standard InChI is InChI=1S/C11H13N3OS/c1-13-11-8-9(2-3-10(11)12)14-4-6-16(15)7-5-14/h2-3,8H,4-7,12H2. The summed E-state index contributed by atoms with van der Waals surface area (Å²) in [7, 11) is -0.673. The molecular formula is C11H13N3OS. The monoisotopic (exact) mass is 235 g/mol. The third-order valence-electron chi connectivity index (χ3n) is 2.68. The van der Waals surface area contributed by atoms with E-state index in [9.17, 15) is 4.21 Å². The van der Waals surface area contributed by atoms with E-state index in [1.54, 1.807) is 12.1 Å². The molecule has 0 saturated carbocycles. The van der Waals surface area contributed by atoms with Gasteiger partial charge < -0.3 is 10.6 Å². The molecule has 0 bridgehead atoms. The van der Waals surface area contributed by atoms with Gasteiger partial charge in [0.25, 0.3) is 0 Å². The Labute approximate surface area is 97.3 Å². The molecule has 0 aliphatic carbocycles. The van der Waals surface area contributed by atoms with Crippen molar-refractivity contribution in [3.63, 3.8) is 0 Å². The fraction of sp³-hybridized carbons (Fsp3) is 0.364. The summed E-state index contributed by atoms with van der Waals surface area (Å²) >= 11 is 0. The molecule has 0 aromatic heterocycles. The first-order chi connectivity index (χ1) is 7.70. The van der Waals surface area contributed by atoms with Crippen LogP contribution in [0.3, 0.4) is 0 Å². The molecule has 5 heteroatoms. The molecule has 0 atom stereocenters. The summed E-state index contributed by atoms with van der Waals surface area (Å²) in [6, 6.07) is 5.48. The number of benzene rings is 1.